The van der Waals surface area contributed by atoms with Crippen molar-refractivity contribution in [1.82, 2.24) is 15.0 Å². The molecule has 0 bridgehead atoms. The van der Waals surface area contributed by atoms with Crippen molar-refractivity contribution in [2.75, 3.05) is 0 Å². The van der Waals surface area contributed by atoms with Gasteiger partial charge in [0.2, 0.25) is 0 Å². The van der Waals surface area contributed by atoms with E-state index in [0.717, 1.165) is 50.1 Å². The summed E-state index contributed by atoms with van der Waals surface area (Å²) in [5.41, 5.74) is 9.55. The van der Waals surface area contributed by atoms with E-state index in [9.17, 15) is 0 Å². The van der Waals surface area contributed by atoms with Crippen LogP contribution < -0.4 is 0 Å². The van der Waals surface area contributed by atoms with E-state index in [-0.39, 0.29) is 0 Å². The maximum absolute atomic E-state index is 5.21. The van der Waals surface area contributed by atoms with Gasteiger partial charge in [-0.3, -0.25) is 0 Å². The van der Waals surface area contributed by atoms with E-state index >= 15 is 0 Å². The summed E-state index contributed by atoms with van der Waals surface area (Å²) in [5.74, 6) is 1.91. The lowest BCUT2D eigenvalue weighted by Crippen LogP contribution is -2.02. The van der Waals surface area contributed by atoms with E-state index in [1.54, 1.807) is 0 Å². The molecule has 0 N–H and O–H groups in total. The molecule has 49 heavy (non-hydrogen) atoms. The largest absolute Gasteiger partial charge is 0.208 e. The molecule has 2 heterocycles. The third-order valence-corrected chi connectivity index (χ3v) is 10.1. The molecule has 0 saturated heterocycles. The predicted octanol–water partition coefficient (Wildman–Crippen LogP) is 12.2. The van der Waals surface area contributed by atoms with E-state index in [4.69, 9.17) is 15.0 Å². The van der Waals surface area contributed by atoms with Crippen molar-refractivity contribution in [2.24, 2.45) is 0 Å². The third kappa shape index (κ3) is 5.48. The second-order valence-electron chi connectivity index (χ2n) is 12.0. The number of nitrogens with zero attached hydrogens (tertiary/aromatic N) is 3. The average molecular weight is 644 g/mol. The molecule has 0 fully saturated rings. The number of benzene rings is 7. The minimum Gasteiger partial charge on any atom is -0.208 e. The molecule has 0 saturated carbocycles. The molecule has 0 unspecified atom stereocenters. The number of fused-ring (bicyclic) bond motifs is 3. The lowest BCUT2D eigenvalue weighted by atomic mass is 9.86. The first-order valence-corrected chi connectivity index (χ1v) is 17.2. The number of thiophene rings is 1. The minimum atomic E-state index is 0.633. The Hall–Kier alpha value is -6.23. The Labute approximate surface area is 288 Å². The van der Waals surface area contributed by atoms with Gasteiger partial charge in [-0.25, -0.2) is 15.0 Å². The van der Waals surface area contributed by atoms with Crippen LogP contribution in [0.5, 0.6) is 0 Å². The first kappa shape index (κ1) is 29.0. The van der Waals surface area contributed by atoms with Crippen molar-refractivity contribution in [2.45, 2.75) is 0 Å². The summed E-state index contributed by atoms with van der Waals surface area (Å²) >= 11 is 1.84. The van der Waals surface area contributed by atoms with Gasteiger partial charge in [0.05, 0.1) is 0 Å². The molecule has 0 aliphatic carbocycles. The van der Waals surface area contributed by atoms with E-state index in [2.05, 4.69) is 140 Å². The van der Waals surface area contributed by atoms with Crippen molar-refractivity contribution in [1.29, 1.82) is 0 Å². The van der Waals surface area contributed by atoms with Gasteiger partial charge in [-0.1, -0.05) is 152 Å². The van der Waals surface area contributed by atoms with Crippen LogP contribution in [-0.4, -0.2) is 15.0 Å². The molecule has 0 spiro atoms. The van der Waals surface area contributed by atoms with Gasteiger partial charge in [-0.15, -0.1) is 11.3 Å². The summed E-state index contributed by atoms with van der Waals surface area (Å²) in [6.45, 7) is 0. The van der Waals surface area contributed by atoms with Crippen molar-refractivity contribution >= 4 is 31.5 Å². The molecule has 0 aliphatic rings. The molecule has 4 heteroatoms. The van der Waals surface area contributed by atoms with E-state index < -0.39 is 0 Å². The second-order valence-corrected chi connectivity index (χ2v) is 13.1. The van der Waals surface area contributed by atoms with Gasteiger partial charge in [-0.2, -0.15) is 0 Å². The van der Waals surface area contributed by atoms with Crippen LogP contribution in [0.2, 0.25) is 0 Å². The lowest BCUT2D eigenvalue weighted by molar-refractivity contribution is 1.07. The minimum absolute atomic E-state index is 0.633. The Morgan fingerprint density at radius 1 is 0.306 bits per heavy atom. The number of hydrogen-bond donors (Lipinski definition) is 0. The molecule has 230 valence electrons. The van der Waals surface area contributed by atoms with Crippen LogP contribution in [0.3, 0.4) is 0 Å². The lowest BCUT2D eigenvalue weighted by Gasteiger charge is -2.19. The fourth-order valence-electron chi connectivity index (χ4n) is 6.58. The topological polar surface area (TPSA) is 38.7 Å². The summed E-state index contributed by atoms with van der Waals surface area (Å²) in [5, 5.41) is 2.57. The van der Waals surface area contributed by atoms with Crippen molar-refractivity contribution < 1.29 is 0 Å². The first-order chi connectivity index (χ1) is 24.3. The van der Waals surface area contributed by atoms with Crippen LogP contribution in [0.1, 0.15) is 0 Å². The van der Waals surface area contributed by atoms with Crippen LogP contribution in [0.4, 0.5) is 0 Å². The van der Waals surface area contributed by atoms with Crippen LogP contribution in [0, 0.1) is 0 Å². The third-order valence-electron chi connectivity index (χ3n) is 8.94. The molecule has 7 aromatic carbocycles. The molecule has 0 radical (unpaired) electrons. The Morgan fingerprint density at radius 3 is 1.43 bits per heavy atom. The molecular weight excluding hydrogens is 615 g/mol. The molecule has 2 aromatic heterocycles. The van der Waals surface area contributed by atoms with Crippen molar-refractivity contribution in [3.8, 4) is 67.5 Å². The molecule has 9 rings (SSSR count). The van der Waals surface area contributed by atoms with Gasteiger partial charge in [0.1, 0.15) is 0 Å². The highest BCUT2D eigenvalue weighted by Gasteiger charge is 2.21. The van der Waals surface area contributed by atoms with Gasteiger partial charge in [-0.05, 0) is 52.1 Å². The van der Waals surface area contributed by atoms with Gasteiger partial charge in [0, 0.05) is 42.4 Å². The predicted molar refractivity (Wildman–Crippen MR) is 205 cm³/mol. The van der Waals surface area contributed by atoms with Gasteiger partial charge in [0.25, 0.3) is 0 Å². The normalized spacial score (nSPS) is 11.3. The second kappa shape index (κ2) is 12.4. The highest BCUT2D eigenvalue weighted by molar-refractivity contribution is 7.25. The Kier molecular flexibility index (Phi) is 7.34. The summed E-state index contributed by atoms with van der Waals surface area (Å²) in [6.07, 6.45) is 0. The van der Waals surface area contributed by atoms with Crippen LogP contribution in [-0.2, 0) is 0 Å². The smallest absolute Gasteiger partial charge is 0.164 e. The SMILES string of the molecule is c1ccc(-c2cc(-c3ccc4c(c3)sc3ccccc34)c(-c3ccccc3)c(-c3nc(-c4ccccc4)nc(-c4ccccc4)n3)c2)cc1. The summed E-state index contributed by atoms with van der Waals surface area (Å²) in [4.78, 5) is 15.4. The van der Waals surface area contributed by atoms with Gasteiger partial charge < -0.3 is 0 Å². The Balaban J connectivity index is 1.37. The maximum Gasteiger partial charge on any atom is 0.164 e. The molecule has 0 atom stereocenters. The maximum atomic E-state index is 5.21. The van der Waals surface area contributed by atoms with E-state index in [1.807, 2.05) is 47.7 Å². The summed E-state index contributed by atoms with van der Waals surface area (Å²) in [6, 6.07) is 61.6. The Bertz CT molecular complexity index is 2520. The first-order valence-electron chi connectivity index (χ1n) is 16.4. The Morgan fingerprint density at radius 2 is 0.796 bits per heavy atom. The number of hydrogen-bond acceptors (Lipinski definition) is 4. The summed E-state index contributed by atoms with van der Waals surface area (Å²) < 4.78 is 2.56. The molecule has 9 aromatic rings. The molecule has 0 amide bonds. The van der Waals surface area contributed by atoms with Crippen LogP contribution in [0.25, 0.3) is 87.7 Å². The van der Waals surface area contributed by atoms with E-state index in [0.29, 0.717) is 17.5 Å². The standard InChI is InChI=1S/C45H29N3S/c1-5-15-30(16-6-1)35-27-38(34-25-26-37-36-23-13-14-24-40(36)49-41(37)29-34)42(31-17-7-2-8-18-31)39(28-35)45-47-43(32-19-9-3-10-20-32)46-44(48-45)33-21-11-4-12-22-33/h1-29H. The monoisotopic (exact) mass is 643 g/mol. The molecule has 3 nitrogen and oxygen atoms in total. The van der Waals surface area contributed by atoms with Gasteiger partial charge >= 0.3 is 0 Å². The van der Waals surface area contributed by atoms with E-state index in [1.165, 1.54) is 20.2 Å². The van der Waals surface area contributed by atoms with Crippen molar-refractivity contribution in [3.63, 3.8) is 0 Å². The number of rotatable bonds is 6. The fourth-order valence-corrected chi connectivity index (χ4v) is 7.73. The van der Waals surface area contributed by atoms with Crippen LogP contribution >= 0.6 is 11.3 Å². The highest BCUT2D eigenvalue weighted by atomic mass is 32.1. The zero-order valence-electron chi connectivity index (χ0n) is 26.5. The average Bonchev–Trinajstić information content (AvgIpc) is 3.56. The molecular formula is C45H29N3S. The molecule has 0 aliphatic heterocycles. The van der Waals surface area contributed by atoms with Gasteiger partial charge in [0.15, 0.2) is 17.5 Å². The quantitative estimate of drug-likeness (QED) is 0.181. The summed E-state index contributed by atoms with van der Waals surface area (Å²) in [7, 11) is 0. The van der Waals surface area contributed by atoms with Crippen molar-refractivity contribution in [3.05, 3.63) is 176 Å². The fraction of sp³-hybridized carbons (Fsp3) is 0. The number of aromatic nitrogens is 3. The zero-order chi connectivity index (χ0) is 32.6. The van der Waals surface area contributed by atoms with Crippen LogP contribution in [0.15, 0.2) is 176 Å². The zero-order valence-corrected chi connectivity index (χ0v) is 27.3. The highest BCUT2D eigenvalue weighted by Crippen LogP contribution is 2.45.